The van der Waals surface area contributed by atoms with Gasteiger partial charge in [-0.15, -0.1) is 0 Å². The van der Waals surface area contributed by atoms with E-state index < -0.39 is 0 Å². The average Bonchev–Trinajstić information content (AvgIpc) is 3.21. The van der Waals surface area contributed by atoms with Gasteiger partial charge in [-0.3, -0.25) is 4.79 Å². The fourth-order valence-corrected chi connectivity index (χ4v) is 5.49. The van der Waals surface area contributed by atoms with Crippen LogP contribution in [-0.2, 0) is 9.47 Å². The fourth-order valence-electron chi connectivity index (χ4n) is 5.49. The van der Waals surface area contributed by atoms with Gasteiger partial charge < -0.3 is 29.9 Å². The Morgan fingerprint density at radius 3 is 2.08 bits per heavy atom. The number of carbonyl (C=O) groups excluding carboxylic acids is 2. The lowest BCUT2D eigenvalue weighted by molar-refractivity contribution is 0.0895. The Balaban J connectivity index is 1.22. The molecule has 40 heavy (non-hydrogen) atoms. The molecule has 0 aliphatic carbocycles. The Kier molecular flexibility index (Phi) is 7.31. The summed E-state index contributed by atoms with van der Waals surface area (Å²) in [6.45, 7) is 6.97. The second-order valence-corrected chi connectivity index (χ2v) is 10.5. The van der Waals surface area contributed by atoms with Crippen LogP contribution in [-0.4, -0.2) is 77.9 Å². The van der Waals surface area contributed by atoms with Gasteiger partial charge in [0, 0.05) is 29.0 Å². The summed E-state index contributed by atoms with van der Waals surface area (Å²) in [5.41, 5.74) is 2.65. The molecule has 2 amide bonds. The summed E-state index contributed by atoms with van der Waals surface area (Å²) < 4.78 is 11.4. The van der Waals surface area contributed by atoms with E-state index in [-0.39, 0.29) is 29.9 Å². The van der Waals surface area contributed by atoms with Crippen LogP contribution in [0.4, 0.5) is 28.1 Å². The predicted molar refractivity (Wildman–Crippen MR) is 152 cm³/mol. The molecule has 2 bridgehead atoms. The third-order valence-electron chi connectivity index (χ3n) is 7.66. The van der Waals surface area contributed by atoms with Gasteiger partial charge in [-0.25, -0.2) is 4.79 Å². The lowest BCUT2D eigenvalue weighted by Crippen LogP contribution is -2.48. The van der Waals surface area contributed by atoms with Gasteiger partial charge in [-0.1, -0.05) is 0 Å². The number of anilines is 4. The van der Waals surface area contributed by atoms with Gasteiger partial charge in [0.25, 0.3) is 0 Å². The number of ketones is 1. The summed E-state index contributed by atoms with van der Waals surface area (Å²) in [4.78, 5) is 43.2. The standard InChI is InChI=1S/C29H33N7O4/c1-18-15-39-14-13-35(18)27-32-26(33-28(34-27)36-24-11-12-25(36)17-40-16-24)21-5-9-23(10-6-21)31-29(38)30-22-7-3-20(4-8-22)19(2)37/h3-10,18,24-25H,11-17H2,1-2H3,(H2,30,31,38). The number of fused-ring (bicyclic) bond motifs is 2. The van der Waals surface area contributed by atoms with E-state index in [0.29, 0.717) is 61.1 Å². The molecule has 3 fully saturated rings. The van der Waals surface area contributed by atoms with E-state index in [2.05, 4.69) is 27.4 Å². The quantitative estimate of drug-likeness (QED) is 0.445. The predicted octanol–water partition coefficient (Wildman–Crippen LogP) is 3.98. The lowest BCUT2D eigenvalue weighted by atomic mass is 10.1. The highest BCUT2D eigenvalue weighted by atomic mass is 16.5. The SMILES string of the molecule is CC(=O)c1ccc(NC(=O)Nc2ccc(-c3nc(N4CCOCC4C)nc(N4C5CCC4COC5)n3)cc2)cc1. The molecular weight excluding hydrogens is 510 g/mol. The fraction of sp³-hybridized carbons (Fsp3) is 0.414. The molecule has 0 radical (unpaired) electrons. The van der Waals surface area contributed by atoms with Gasteiger partial charge in [0.05, 0.1) is 44.6 Å². The number of aromatic nitrogens is 3. The largest absolute Gasteiger partial charge is 0.377 e. The summed E-state index contributed by atoms with van der Waals surface area (Å²) in [5.74, 6) is 1.90. The minimum absolute atomic E-state index is 0.0229. The van der Waals surface area contributed by atoms with Crippen LogP contribution in [0.1, 0.15) is 37.0 Å². The van der Waals surface area contributed by atoms with E-state index in [9.17, 15) is 9.59 Å². The zero-order chi connectivity index (χ0) is 27.6. The van der Waals surface area contributed by atoms with Gasteiger partial charge >= 0.3 is 6.03 Å². The highest BCUT2D eigenvalue weighted by Gasteiger charge is 2.39. The smallest absolute Gasteiger partial charge is 0.323 e. The second-order valence-electron chi connectivity index (χ2n) is 10.5. The van der Waals surface area contributed by atoms with Gasteiger partial charge in [0.15, 0.2) is 11.6 Å². The number of urea groups is 1. The third kappa shape index (κ3) is 5.47. The van der Waals surface area contributed by atoms with Crippen molar-refractivity contribution < 1.29 is 19.1 Å². The topological polar surface area (TPSA) is 122 Å². The number of nitrogens with one attached hydrogen (secondary N) is 2. The number of hydrogen-bond donors (Lipinski definition) is 2. The Morgan fingerprint density at radius 2 is 1.45 bits per heavy atom. The molecule has 1 aromatic heterocycles. The van der Waals surface area contributed by atoms with E-state index >= 15 is 0 Å². The van der Waals surface area contributed by atoms with E-state index in [1.54, 1.807) is 24.3 Å². The van der Waals surface area contributed by atoms with Crippen molar-refractivity contribution in [2.45, 2.75) is 44.8 Å². The van der Waals surface area contributed by atoms with Gasteiger partial charge in [0.2, 0.25) is 11.9 Å². The third-order valence-corrected chi connectivity index (χ3v) is 7.66. The summed E-state index contributed by atoms with van der Waals surface area (Å²) in [6.07, 6.45) is 2.14. The Bertz CT molecular complexity index is 1370. The molecule has 2 N–H and O–H groups in total. The molecule has 3 aromatic rings. The number of morpholine rings is 2. The second kappa shape index (κ2) is 11.2. The van der Waals surface area contributed by atoms with E-state index in [1.165, 1.54) is 6.92 Å². The van der Waals surface area contributed by atoms with Crippen molar-refractivity contribution in [3.63, 3.8) is 0 Å². The molecule has 6 rings (SSSR count). The summed E-state index contributed by atoms with van der Waals surface area (Å²) in [7, 11) is 0. The van der Waals surface area contributed by atoms with Crippen molar-refractivity contribution in [3.8, 4) is 11.4 Å². The van der Waals surface area contributed by atoms with Crippen LogP contribution in [0.3, 0.4) is 0 Å². The van der Waals surface area contributed by atoms with Crippen LogP contribution in [0.15, 0.2) is 48.5 Å². The van der Waals surface area contributed by atoms with Crippen molar-refractivity contribution in [2.75, 3.05) is 53.4 Å². The van der Waals surface area contributed by atoms with Gasteiger partial charge in [0.1, 0.15) is 0 Å². The first-order chi connectivity index (χ1) is 19.4. The van der Waals surface area contributed by atoms with Gasteiger partial charge in [-0.2, -0.15) is 15.0 Å². The first-order valence-electron chi connectivity index (χ1n) is 13.7. The molecule has 3 aliphatic rings. The zero-order valence-electron chi connectivity index (χ0n) is 22.7. The van der Waals surface area contributed by atoms with Crippen LogP contribution >= 0.6 is 0 Å². The minimum atomic E-state index is -0.378. The van der Waals surface area contributed by atoms with E-state index in [4.69, 9.17) is 24.4 Å². The summed E-state index contributed by atoms with van der Waals surface area (Å²) in [6, 6.07) is 14.5. The highest BCUT2D eigenvalue weighted by Crippen LogP contribution is 2.34. The van der Waals surface area contributed by atoms with Crippen LogP contribution in [0, 0.1) is 0 Å². The average molecular weight is 544 g/mol. The molecule has 3 atom stereocenters. The molecule has 4 heterocycles. The molecule has 3 unspecified atom stereocenters. The van der Waals surface area contributed by atoms with Crippen LogP contribution in [0.25, 0.3) is 11.4 Å². The molecule has 0 spiro atoms. The Labute approximate surface area is 232 Å². The van der Waals surface area contributed by atoms with Crippen molar-refractivity contribution in [1.29, 1.82) is 0 Å². The number of carbonyl (C=O) groups is 2. The molecule has 11 heteroatoms. The van der Waals surface area contributed by atoms with Crippen molar-refractivity contribution in [1.82, 2.24) is 15.0 Å². The maximum absolute atomic E-state index is 12.5. The van der Waals surface area contributed by atoms with E-state index in [1.807, 2.05) is 24.3 Å². The minimum Gasteiger partial charge on any atom is -0.377 e. The molecular formula is C29H33N7O4. The monoisotopic (exact) mass is 543 g/mol. The summed E-state index contributed by atoms with van der Waals surface area (Å²) in [5, 5.41) is 5.63. The number of benzene rings is 2. The number of nitrogens with zero attached hydrogens (tertiary/aromatic N) is 5. The summed E-state index contributed by atoms with van der Waals surface area (Å²) >= 11 is 0. The number of Topliss-reactive ketones (excluding diaryl/α,β-unsaturated/α-hetero) is 1. The highest BCUT2D eigenvalue weighted by molar-refractivity contribution is 6.00. The lowest BCUT2D eigenvalue weighted by Gasteiger charge is -2.36. The number of ether oxygens (including phenoxy) is 2. The first-order valence-corrected chi connectivity index (χ1v) is 13.7. The molecule has 11 nitrogen and oxygen atoms in total. The first kappa shape index (κ1) is 26.1. The van der Waals surface area contributed by atoms with Gasteiger partial charge in [-0.05, 0) is 75.2 Å². The van der Waals surface area contributed by atoms with Crippen LogP contribution in [0.2, 0.25) is 0 Å². The molecule has 3 aliphatic heterocycles. The maximum Gasteiger partial charge on any atom is 0.323 e. The number of hydrogen-bond acceptors (Lipinski definition) is 9. The normalized spacial score (nSPS) is 22.2. The Hall–Kier alpha value is -4.09. The van der Waals surface area contributed by atoms with Crippen LogP contribution < -0.4 is 20.4 Å². The van der Waals surface area contributed by atoms with Crippen molar-refractivity contribution in [2.24, 2.45) is 0 Å². The molecule has 208 valence electrons. The Morgan fingerprint density at radius 1 is 0.825 bits per heavy atom. The maximum atomic E-state index is 12.5. The molecule has 3 saturated heterocycles. The van der Waals surface area contributed by atoms with E-state index in [0.717, 1.165) is 24.9 Å². The zero-order valence-corrected chi connectivity index (χ0v) is 22.7. The van der Waals surface area contributed by atoms with Crippen LogP contribution in [0.5, 0.6) is 0 Å². The van der Waals surface area contributed by atoms with Crippen molar-refractivity contribution >= 4 is 35.1 Å². The number of amides is 2. The number of rotatable bonds is 6. The molecule has 2 aromatic carbocycles. The van der Waals surface area contributed by atoms with Crippen molar-refractivity contribution in [3.05, 3.63) is 54.1 Å². The molecule has 0 saturated carbocycles.